The summed E-state index contributed by atoms with van der Waals surface area (Å²) in [5.41, 5.74) is 1.32. The molecule has 0 aromatic carbocycles. The van der Waals surface area contributed by atoms with Crippen molar-refractivity contribution in [3.05, 3.63) is 47.0 Å². The van der Waals surface area contributed by atoms with Crippen molar-refractivity contribution in [1.82, 2.24) is 20.5 Å². The van der Waals surface area contributed by atoms with E-state index in [0.717, 1.165) is 5.69 Å². The highest BCUT2D eigenvalue weighted by atomic mass is 35.5. The Balaban J connectivity index is 1.95. The Morgan fingerprint density at radius 1 is 1.44 bits per heavy atom. The van der Waals surface area contributed by atoms with Gasteiger partial charge in [0.1, 0.15) is 5.15 Å². The van der Waals surface area contributed by atoms with Crippen molar-refractivity contribution in [2.24, 2.45) is 0 Å². The monoisotopic (exact) mass is 236 g/mol. The van der Waals surface area contributed by atoms with Crippen LogP contribution in [0.25, 0.3) is 0 Å². The molecule has 0 aliphatic rings. The molecule has 2 rings (SSSR count). The molecule has 0 radical (unpaired) electrons. The molecule has 0 saturated heterocycles. The van der Waals surface area contributed by atoms with Crippen molar-refractivity contribution < 1.29 is 4.79 Å². The van der Waals surface area contributed by atoms with Crippen LogP contribution in [0.4, 0.5) is 0 Å². The van der Waals surface area contributed by atoms with Crippen LogP contribution in [0, 0.1) is 0 Å². The van der Waals surface area contributed by atoms with Crippen LogP contribution >= 0.6 is 11.6 Å². The van der Waals surface area contributed by atoms with Gasteiger partial charge in [-0.2, -0.15) is 5.10 Å². The van der Waals surface area contributed by atoms with Gasteiger partial charge in [0.15, 0.2) is 0 Å². The summed E-state index contributed by atoms with van der Waals surface area (Å²) in [5.74, 6) is -0.196. The van der Waals surface area contributed by atoms with E-state index in [1.54, 1.807) is 24.4 Å². The molecule has 5 nitrogen and oxygen atoms in total. The summed E-state index contributed by atoms with van der Waals surface area (Å²) in [7, 11) is 0. The van der Waals surface area contributed by atoms with E-state index in [1.807, 2.05) is 0 Å². The molecule has 0 unspecified atom stereocenters. The van der Waals surface area contributed by atoms with Gasteiger partial charge in [0.25, 0.3) is 5.91 Å². The maximum atomic E-state index is 11.6. The van der Waals surface area contributed by atoms with Crippen LogP contribution in [0.1, 0.15) is 16.1 Å². The number of halogens is 1. The normalized spacial score (nSPS) is 10.1. The number of nitrogens with one attached hydrogen (secondary N) is 2. The van der Waals surface area contributed by atoms with Gasteiger partial charge in [-0.25, -0.2) is 4.98 Å². The highest BCUT2D eigenvalue weighted by molar-refractivity contribution is 6.29. The lowest BCUT2D eigenvalue weighted by Crippen LogP contribution is -2.23. The number of hydrogen-bond donors (Lipinski definition) is 2. The van der Waals surface area contributed by atoms with E-state index in [-0.39, 0.29) is 5.91 Å². The van der Waals surface area contributed by atoms with Crippen molar-refractivity contribution in [2.45, 2.75) is 6.54 Å². The van der Waals surface area contributed by atoms with E-state index in [4.69, 9.17) is 11.6 Å². The van der Waals surface area contributed by atoms with Crippen LogP contribution in [0.2, 0.25) is 5.15 Å². The van der Waals surface area contributed by atoms with Crippen LogP contribution < -0.4 is 5.32 Å². The molecule has 0 atom stereocenters. The molecule has 0 aliphatic carbocycles. The van der Waals surface area contributed by atoms with Crippen molar-refractivity contribution >= 4 is 17.5 Å². The Bertz CT molecular complexity index is 466. The minimum absolute atomic E-state index is 0.196. The molecule has 0 saturated carbocycles. The minimum Gasteiger partial charge on any atom is -0.346 e. The minimum atomic E-state index is -0.196. The number of carbonyl (C=O) groups excluding carboxylic acids is 1. The first kappa shape index (κ1) is 10.6. The second-order valence-electron chi connectivity index (χ2n) is 3.13. The Kier molecular flexibility index (Phi) is 3.16. The van der Waals surface area contributed by atoms with Crippen molar-refractivity contribution in [2.75, 3.05) is 0 Å². The molecule has 0 bridgehead atoms. The lowest BCUT2D eigenvalue weighted by atomic mass is 10.2. The SMILES string of the molecule is O=C(NCc1ccn[nH]1)c1ccc(Cl)nc1. The lowest BCUT2D eigenvalue weighted by molar-refractivity contribution is 0.0950. The molecule has 2 N–H and O–H groups in total. The number of nitrogens with zero attached hydrogens (tertiary/aromatic N) is 2. The summed E-state index contributed by atoms with van der Waals surface area (Å²) in [4.78, 5) is 15.5. The first-order valence-electron chi connectivity index (χ1n) is 4.64. The number of pyridine rings is 1. The molecule has 16 heavy (non-hydrogen) atoms. The molecular weight excluding hydrogens is 228 g/mol. The predicted molar refractivity (Wildman–Crippen MR) is 59.0 cm³/mol. The van der Waals surface area contributed by atoms with Crippen LogP contribution in [-0.4, -0.2) is 21.1 Å². The molecule has 82 valence electrons. The van der Waals surface area contributed by atoms with Crippen molar-refractivity contribution in [1.29, 1.82) is 0 Å². The van der Waals surface area contributed by atoms with Gasteiger partial charge >= 0.3 is 0 Å². The molecule has 2 heterocycles. The van der Waals surface area contributed by atoms with Crippen LogP contribution in [-0.2, 0) is 6.54 Å². The third-order valence-corrected chi connectivity index (χ3v) is 2.21. The molecule has 6 heteroatoms. The summed E-state index contributed by atoms with van der Waals surface area (Å²) in [5, 5.41) is 9.62. The van der Waals surface area contributed by atoms with Crippen molar-refractivity contribution in [3.63, 3.8) is 0 Å². The zero-order chi connectivity index (χ0) is 11.4. The highest BCUT2D eigenvalue weighted by Crippen LogP contribution is 2.05. The van der Waals surface area contributed by atoms with Gasteiger partial charge in [-0.15, -0.1) is 0 Å². The van der Waals surface area contributed by atoms with Gasteiger partial charge in [-0.1, -0.05) is 11.6 Å². The van der Waals surface area contributed by atoms with E-state index >= 15 is 0 Å². The Morgan fingerprint density at radius 2 is 2.31 bits per heavy atom. The largest absolute Gasteiger partial charge is 0.346 e. The third kappa shape index (κ3) is 2.58. The fraction of sp³-hybridized carbons (Fsp3) is 0.100. The van der Waals surface area contributed by atoms with E-state index in [2.05, 4.69) is 20.5 Å². The Hall–Kier alpha value is -1.88. The smallest absolute Gasteiger partial charge is 0.253 e. The topological polar surface area (TPSA) is 70.7 Å². The molecule has 0 spiro atoms. The van der Waals surface area contributed by atoms with Crippen LogP contribution in [0.3, 0.4) is 0 Å². The van der Waals surface area contributed by atoms with E-state index in [9.17, 15) is 4.79 Å². The standard InChI is InChI=1S/C10H9ClN4O/c11-9-2-1-7(5-12-9)10(16)13-6-8-3-4-14-15-8/h1-5H,6H2,(H,13,16)(H,14,15). The summed E-state index contributed by atoms with van der Waals surface area (Å²) in [6, 6.07) is 4.99. The van der Waals surface area contributed by atoms with E-state index in [1.165, 1.54) is 6.20 Å². The second kappa shape index (κ2) is 4.76. The zero-order valence-electron chi connectivity index (χ0n) is 8.27. The quantitative estimate of drug-likeness (QED) is 0.791. The summed E-state index contributed by atoms with van der Waals surface area (Å²) < 4.78 is 0. The number of hydrogen-bond acceptors (Lipinski definition) is 3. The Morgan fingerprint density at radius 3 is 2.94 bits per heavy atom. The van der Waals surface area contributed by atoms with Gasteiger partial charge in [-0.3, -0.25) is 9.89 Å². The summed E-state index contributed by atoms with van der Waals surface area (Å²) in [6.45, 7) is 0.404. The number of amides is 1. The summed E-state index contributed by atoms with van der Waals surface area (Å²) >= 11 is 5.62. The maximum Gasteiger partial charge on any atom is 0.253 e. The molecular formula is C10H9ClN4O. The fourth-order valence-electron chi connectivity index (χ4n) is 1.17. The number of aromatic amines is 1. The summed E-state index contributed by atoms with van der Waals surface area (Å²) in [6.07, 6.45) is 3.07. The van der Waals surface area contributed by atoms with Gasteiger partial charge < -0.3 is 5.32 Å². The van der Waals surface area contributed by atoms with Crippen LogP contribution in [0.5, 0.6) is 0 Å². The van der Waals surface area contributed by atoms with Crippen molar-refractivity contribution in [3.8, 4) is 0 Å². The van der Waals surface area contributed by atoms with E-state index in [0.29, 0.717) is 17.3 Å². The molecule has 2 aromatic rings. The van der Waals surface area contributed by atoms with Gasteiger partial charge in [0.05, 0.1) is 17.8 Å². The number of carbonyl (C=O) groups is 1. The average molecular weight is 237 g/mol. The number of rotatable bonds is 3. The molecule has 0 aliphatic heterocycles. The van der Waals surface area contributed by atoms with Crippen LogP contribution in [0.15, 0.2) is 30.6 Å². The third-order valence-electron chi connectivity index (χ3n) is 1.99. The van der Waals surface area contributed by atoms with Gasteiger partial charge in [0, 0.05) is 12.4 Å². The fourth-order valence-corrected chi connectivity index (χ4v) is 1.28. The molecule has 1 amide bonds. The maximum absolute atomic E-state index is 11.6. The highest BCUT2D eigenvalue weighted by Gasteiger charge is 2.05. The number of aromatic nitrogens is 3. The first-order valence-corrected chi connectivity index (χ1v) is 5.01. The Labute approximate surface area is 96.8 Å². The molecule has 0 fully saturated rings. The lowest BCUT2D eigenvalue weighted by Gasteiger charge is -2.02. The molecule has 2 aromatic heterocycles. The van der Waals surface area contributed by atoms with E-state index < -0.39 is 0 Å². The van der Waals surface area contributed by atoms with Gasteiger partial charge in [0.2, 0.25) is 0 Å². The first-order chi connectivity index (χ1) is 7.75. The number of H-pyrrole nitrogens is 1. The predicted octanol–water partition coefficient (Wildman–Crippen LogP) is 1.39. The van der Waals surface area contributed by atoms with Gasteiger partial charge in [-0.05, 0) is 18.2 Å². The average Bonchev–Trinajstić information content (AvgIpc) is 2.80. The zero-order valence-corrected chi connectivity index (χ0v) is 9.03. The second-order valence-corrected chi connectivity index (χ2v) is 3.52.